The second-order valence-corrected chi connectivity index (χ2v) is 5.98. The van der Waals surface area contributed by atoms with Gasteiger partial charge < -0.3 is 4.74 Å². The van der Waals surface area contributed by atoms with Crippen molar-refractivity contribution in [2.45, 2.75) is 46.2 Å². The fourth-order valence-electron chi connectivity index (χ4n) is 3.44. The summed E-state index contributed by atoms with van der Waals surface area (Å²) in [4.78, 5) is 4.91. The molecule has 0 bridgehead atoms. The molecule has 3 nitrogen and oxygen atoms in total. The van der Waals surface area contributed by atoms with Gasteiger partial charge in [0.1, 0.15) is 5.75 Å². The molecule has 2 rings (SSSR count). The molecule has 0 saturated heterocycles. The summed E-state index contributed by atoms with van der Waals surface area (Å²) >= 11 is 0. The van der Waals surface area contributed by atoms with Crippen LogP contribution in [0.3, 0.4) is 0 Å². The van der Waals surface area contributed by atoms with Crippen LogP contribution in [0.1, 0.15) is 49.9 Å². The molecule has 1 heterocycles. The number of fused-ring (bicyclic) bond motifs is 1. The largest absolute Gasteiger partial charge is 0.496 e. The standard InChI is InChI=1S/C18H30N2O/c1-6-17-16-12-18(21-5)15(13-20(7-2)8-3)11-14(16)9-10-19(17)4/h11-12,17H,6-10,13H2,1-5H3. The topological polar surface area (TPSA) is 15.7 Å². The summed E-state index contributed by atoms with van der Waals surface area (Å²) in [5, 5.41) is 0. The van der Waals surface area contributed by atoms with Gasteiger partial charge in [-0.25, -0.2) is 0 Å². The Hall–Kier alpha value is -1.06. The minimum Gasteiger partial charge on any atom is -0.496 e. The number of ether oxygens (including phenoxy) is 1. The smallest absolute Gasteiger partial charge is 0.123 e. The van der Waals surface area contributed by atoms with Gasteiger partial charge in [0.15, 0.2) is 0 Å². The van der Waals surface area contributed by atoms with E-state index < -0.39 is 0 Å². The van der Waals surface area contributed by atoms with Crippen molar-refractivity contribution >= 4 is 0 Å². The Morgan fingerprint density at radius 1 is 1.24 bits per heavy atom. The fraction of sp³-hybridized carbons (Fsp3) is 0.667. The van der Waals surface area contributed by atoms with Gasteiger partial charge in [-0.1, -0.05) is 26.8 Å². The van der Waals surface area contributed by atoms with E-state index in [1.54, 1.807) is 7.11 Å². The van der Waals surface area contributed by atoms with E-state index in [1.165, 1.54) is 16.7 Å². The molecule has 0 saturated carbocycles. The third-order valence-corrected chi connectivity index (χ3v) is 4.84. The molecule has 0 aromatic heterocycles. The summed E-state index contributed by atoms with van der Waals surface area (Å²) in [5.41, 5.74) is 4.31. The minimum atomic E-state index is 0.533. The molecule has 0 radical (unpaired) electrons. The van der Waals surface area contributed by atoms with Gasteiger partial charge in [-0.15, -0.1) is 0 Å². The lowest BCUT2D eigenvalue weighted by molar-refractivity contribution is 0.224. The Balaban J connectivity index is 2.37. The average molecular weight is 290 g/mol. The SMILES string of the molecule is CCC1c2cc(OC)c(CN(CC)CC)cc2CCN1C. The van der Waals surface area contributed by atoms with Crippen LogP contribution >= 0.6 is 0 Å². The molecule has 1 aliphatic heterocycles. The molecule has 0 N–H and O–H groups in total. The van der Waals surface area contributed by atoms with Crippen molar-refractivity contribution in [3.8, 4) is 5.75 Å². The highest BCUT2D eigenvalue weighted by atomic mass is 16.5. The van der Waals surface area contributed by atoms with E-state index >= 15 is 0 Å². The van der Waals surface area contributed by atoms with Crippen LogP contribution in [0.2, 0.25) is 0 Å². The monoisotopic (exact) mass is 290 g/mol. The maximum absolute atomic E-state index is 5.68. The third-order valence-electron chi connectivity index (χ3n) is 4.84. The van der Waals surface area contributed by atoms with Crippen LogP contribution in [0, 0.1) is 0 Å². The van der Waals surface area contributed by atoms with Crippen LogP contribution in [-0.4, -0.2) is 43.6 Å². The van der Waals surface area contributed by atoms with Crippen LogP contribution in [-0.2, 0) is 13.0 Å². The molecule has 1 atom stereocenters. The summed E-state index contributed by atoms with van der Waals surface area (Å²) in [5.74, 6) is 1.05. The van der Waals surface area contributed by atoms with Crippen LogP contribution < -0.4 is 4.74 Å². The number of nitrogens with zero attached hydrogens (tertiary/aromatic N) is 2. The van der Waals surface area contributed by atoms with Gasteiger partial charge in [0, 0.05) is 24.7 Å². The van der Waals surface area contributed by atoms with E-state index in [1.807, 2.05) is 0 Å². The second-order valence-electron chi connectivity index (χ2n) is 5.98. The summed E-state index contributed by atoms with van der Waals surface area (Å²) < 4.78 is 5.68. The molecule has 1 aliphatic rings. The minimum absolute atomic E-state index is 0.533. The zero-order valence-electron chi connectivity index (χ0n) is 14.3. The maximum Gasteiger partial charge on any atom is 0.123 e. The highest BCUT2D eigenvalue weighted by molar-refractivity contribution is 5.45. The van der Waals surface area contributed by atoms with Crippen LogP contribution in [0.15, 0.2) is 12.1 Å². The van der Waals surface area contributed by atoms with Crippen molar-refractivity contribution in [3.05, 3.63) is 28.8 Å². The van der Waals surface area contributed by atoms with Crippen LogP contribution in [0.5, 0.6) is 5.75 Å². The predicted molar refractivity (Wildman–Crippen MR) is 89.0 cm³/mol. The number of rotatable bonds is 6. The summed E-state index contributed by atoms with van der Waals surface area (Å²) in [7, 11) is 4.02. The van der Waals surface area contributed by atoms with Crippen molar-refractivity contribution in [2.24, 2.45) is 0 Å². The Kier molecular flexibility index (Phi) is 5.65. The number of methoxy groups -OCH3 is 1. The van der Waals surface area contributed by atoms with Crippen molar-refractivity contribution in [1.82, 2.24) is 9.80 Å². The van der Waals surface area contributed by atoms with Gasteiger partial charge in [0.05, 0.1) is 7.11 Å². The quantitative estimate of drug-likeness (QED) is 0.798. The first-order valence-corrected chi connectivity index (χ1v) is 8.26. The maximum atomic E-state index is 5.68. The first kappa shape index (κ1) is 16.3. The molecular formula is C18H30N2O. The highest BCUT2D eigenvalue weighted by Crippen LogP contribution is 2.35. The average Bonchev–Trinajstić information content (AvgIpc) is 2.51. The Labute approximate surface area is 129 Å². The zero-order chi connectivity index (χ0) is 15.4. The van der Waals surface area contributed by atoms with Gasteiger partial charge in [-0.2, -0.15) is 0 Å². The van der Waals surface area contributed by atoms with E-state index in [-0.39, 0.29) is 0 Å². The molecule has 21 heavy (non-hydrogen) atoms. The van der Waals surface area contributed by atoms with E-state index in [2.05, 4.69) is 49.8 Å². The molecule has 1 unspecified atom stereocenters. The molecule has 0 fully saturated rings. The van der Waals surface area contributed by atoms with E-state index in [9.17, 15) is 0 Å². The molecule has 1 aromatic rings. The summed E-state index contributed by atoms with van der Waals surface area (Å²) in [6, 6.07) is 5.21. The van der Waals surface area contributed by atoms with E-state index in [0.29, 0.717) is 6.04 Å². The first-order chi connectivity index (χ1) is 10.1. The highest BCUT2D eigenvalue weighted by Gasteiger charge is 2.25. The lowest BCUT2D eigenvalue weighted by Crippen LogP contribution is -2.32. The van der Waals surface area contributed by atoms with E-state index in [4.69, 9.17) is 4.74 Å². The zero-order valence-corrected chi connectivity index (χ0v) is 14.3. The first-order valence-electron chi connectivity index (χ1n) is 8.26. The van der Waals surface area contributed by atoms with Crippen molar-refractivity contribution in [3.63, 3.8) is 0 Å². The molecule has 3 heteroatoms. The molecule has 0 spiro atoms. The number of hydrogen-bond acceptors (Lipinski definition) is 3. The molecular weight excluding hydrogens is 260 g/mol. The van der Waals surface area contributed by atoms with Gasteiger partial charge in [0.25, 0.3) is 0 Å². The molecule has 1 aromatic carbocycles. The second kappa shape index (κ2) is 7.28. The predicted octanol–water partition coefficient (Wildman–Crippen LogP) is 3.48. The van der Waals surface area contributed by atoms with Gasteiger partial charge in [-0.3, -0.25) is 9.80 Å². The molecule has 0 aliphatic carbocycles. The molecule has 0 amide bonds. The third kappa shape index (κ3) is 3.41. The van der Waals surface area contributed by atoms with Gasteiger partial charge in [-0.05, 0) is 50.2 Å². The molecule has 118 valence electrons. The van der Waals surface area contributed by atoms with E-state index in [0.717, 1.165) is 44.8 Å². The normalized spacial score (nSPS) is 18.9. The lowest BCUT2D eigenvalue weighted by atomic mass is 9.89. The van der Waals surface area contributed by atoms with Crippen LogP contribution in [0.4, 0.5) is 0 Å². The van der Waals surface area contributed by atoms with Gasteiger partial charge in [0.2, 0.25) is 0 Å². The lowest BCUT2D eigenvalue weighted by Gasteiger charge is -2.35. The van der Waals surface area contributed by atoms with Crippen LogP contribution in [0.25, 0.3) is 0 Å². The van der Waals surface area contributed by atoms with Crippen molar-refractivity contribution in [1.29, 1.82) is 0 Å². The summed E-state index contributed by atoms with van der Waals surface area (Å²) in [6.07, 6.45) is 2.31. The fourth-order valence-corrected chi connectivity index (χ4v) is 3.44. The van der Waals surface area contributed by atoms with Crippen molar-refractivity contribution in [2.75, 3.05) is 33.8 Å². The Bertz CT molecular complexity index is 469. The number of likely N-dealkylation sites (N-methyl/N-ethyl adjacent to an activating group) is 1. The summed E-state index contributed by atoms with van der Waals surface area (Å²) in [6.45, 7) is 11.0. The van der Waals surface area contributed by atoms with Crippen molar-refractivity contribution < 1.29 is 4.74 Å². The Morgan fingerprint density at radius 2 is 1.95 bits per heavy atom. The van der Waals surface area contributed by atoms with Gasteiger partial charge >= 0.3 is 0 Å². The Morgan fingerprint density at radius 3 is 2.52 bits per heavy atom. The number of benzene rings is 1. The number of hydrogen-bond donors (Lipinski definition) is 0.